The lowest BCUT2D eigenvalue weighted by atomic mass is 10.0. The summed E-state index contributed by atoms with van der Waals surface area (Å²) in [6, 6.07) is 12.9. The Hall–Kier alpha value is -0.640. The highest BCUT2D eigenvalue weighted by atomic mass is 79.9. The van der Waals surface area contributed by atoms with Crippen LogP contribution in [-0.4, -0.2) is 5.78 Å². The second kappa shape index (κ2) is 6.00. The van der Waals surface area contributed by atoms with Gasteiger partial charge >= 0.3 is 0 Å². The topological polar surface area (TPSA) is 17.1 Å². The average molecular weight is 388 g/mol. The van der Waals surface area contributed by atoms with Gasteiger partial charge in [-0.25, -0.2) is 0 Å². The molecule has 4 heteroatoms. The number of benzene rings is 2. The van der Waals surface area contributed by atoms with E-state index in [4.69, 9.17) is 11.6 Å². The molecule has 0 saturated heterocycles. The summed E-state index contributed by atoms with van der Waals surface area (Å²) in [6.45, 7) is 0. The van der Waals surface area contributed by atoms with Gasteiger partial charge < -0.3 is 0 Å². The van der Waals surface area contributed by atoms with Crippen LogP contribution in [0.5, 0.6) is 0 Å². The van der Waals surface area contributed by atoms with E-state index < -0.39 is 0 Å². The molecule has 0 fully saturated rings. The van der Waals surface area contributed by atoms with Crippen LogP contribution in [0.4, 0.5) is 0 Å². The van der Waals surface area contributed by atoms with Gasteiger partial charge in [-0.15, -0.1) is 0 Å². The largest absolute Gasteiger partial charge is 0.294 e. The monoisotopic (exact) mass is 386 g/mol. The summed E-state index contributed by atoms with van der Waals surface area (Å²) in [5.74, 6) is 0.0745. The van der Waals surface area contributed by atoms with Crippen LogP contribution < -0.4 is 0 Å². The van der Waals surface area contributed by atoms with E-state index in [1.165, 1.54) is 0 Å². The van der Waals surface area contributed by atoms with Gasteiger partial charge in [0.2, 0.25) is 0 Å². The molecule has 1 nitrogen and oxygen atoms in total. The Balaban J connectivity index is 2.21. The second-order valence-corrected chi connectivity index (χ2v) is 6.06. The molecule has 0 atom stereocenters. The van der Waals surface area contributed by atoms with E-state index in [9.17, 15) is 4.79 Å². The maximum absolute atomic E-state index is 12.2. The summed E-state index contributed by atoms with van der Waals surface area (Å²) >= 11 is 12.6. The van der Waals surface area contributed by atoms with Gasteiger partial charge in [0, 0.05) is 26.0 Å². The van der Waals surface area contributed by atoms with E-state index >= 15 is 0 Å². The molecule has 0 spiro atoms. The fourth-order valence-electron chi connectivity index (χ4n) is 1.59. The third kappa shape index (κ3) is 3.44. The molecule has 0 amide bonds. The molecular formula is C14H9Br2ClO. The Kier molecular flexibility index (Phi) is 4.60. The number of halogens is 3. The highest BCUT2D eigenvalue weighted by molar-refractivity contribution is 9.11. The van der Waals surface area contributed by atoms with Crippen LogP contribution in [0.15, 0.2) is 51.4 Å². The number of carbonyl (C=O) groups is 1. The summed E-state index contributed by atoms with van der Waals surface area (Å²) in [6.07, 6.45) is 0.367. The quantitative estimate of drug-likeness (QED) is 0.653. The highest BCUT2D eigenvalue weighted by Crippen LogP contribution is 2.23. The van der Waals surface area contributed by atoms with E-state index in [1.54, 1.807) is 12.1 Å². The molecule has 0 aliphatic heterocycles. The standard InChI is InChI=1S/C14H9Br2ClO/c15-10-3-6-13(16)12(8-10)14(18)7-9-1-4-11(17)5-2-9/h1-6,8H,7H2. The van der Waals surface area contributed by atoms with Crippen LogP contribution in [0, 0.1) is 0 Å². The predicted molar refractivity (Wildman–Crippen MR) is 81.3 cm³/mol. The Morgan fingerprint density at radius 3 is 2.39 bits per heavy atom. The second-order valence-electron chi connectivity index (χ2n) is 3.85. The van der Waals surface area contributed by atoms with Crippen molar-refractivity contribution in [3.63, 3.8) is 0 Å². The molecule has 0 aliphatic carbocycles. The molecule has 2 aromatic carbocycles. The first-order valence-corrected chi connectivity index (χ1v) is 7.25. The lowest BCUT2D eigenvalue weighted by molar-refractivity contribution is 0.0992. The van der Waals surface area contributed by atoms with Crippen molar-refractivity contribution in [2.24, 2.45) is 0 Å². The molecule has 92 valence electrons. The van der Waals surface area contributed by atoms with Crippen LogP contribution in [0.25, 0.3) is 0 Å². The number of carbonyl (C=O) groups excluding carboxylic acids is 1. The van der Waals surface area contributed by atoms with Crippen molar-refractivity contribution >= 4 is 49.2 Å². The van der Waals surface area contributed by atoms with E-state index in [1.807, 2.05) is 30.3 Å². The van der Waals surface area contributed by atoms with Gasteiger partial charge in [-0.05, 0) is 35.9 Å². The van der Waals surface area contributed by atoms with Gasteiger partial charge in [0.1, 0.15) is 0 Å². The van der Waals surface area contributed by atoms with Crippen LogP contribution >= 0.6 is 43.5 Å². The van der Waals surface area contributed by atoms with Gasteiger partial charge in [0.05, 0.1) is 0 Å². The zero-order valence-electron chi connectivity index (χ0n) is 9.29. The number of Topliss-reactive ketones (excluding diaryl/α,β-unsaturated/α-hetero) is 1. The van der Waals surface area contributed by atoms with Gasteiger partial charge in [-0.3, -0.25) is 4.79 Å². The van der Waals surface area contributed by atoms with Crippen LogP contribution in [0.1, 0.15) is 15.9 Å². The van der Waals surface area contributed by atoms with Crippen molar-refractivity contribution in [3.05, 3.63) is 67.6 Å². The maximum atomic E-state index is 12.2. The number of ketones is 1. The SMILES string of the molecule is O=C(Cc1ccc(Cl)cc1)c1cc(Br)ccc1Br. The van der Waals surface area contributed by atoms with Crippen LogP contribution in [-0.2, 0) is 6.42 Å². The summed E-state index contributed by atoms with van der Waals surface area (Å²) in [5.41, 5.74) is 1.63. The summed E-state index contributed by atoms with van der Waals surface area (Å²) < 4.78 is 1.70. The zero-order valence-corrected chi connectivity index (χ0v) is 13.2. The molecule has 0 bridgehead atoms. The summed E-state index contributed by atoms with van der Waals surface area (Å²) in [7, 11) is 0. The van der Waals surface area contributed by atoms with Crippen LogP contribution in [0.3, 0.4) is 0 Å². The molecule has 18 heavy (non-hydrogen) atoms. The first-order valence-electron chi connectivity index (χ1n) is 5.29. The van der Waals surface area contributed by atoms with Crippen molar-refractivity contribution in [2.75, 3.05) is 0 Å². The lowest BCUT2D eigenvalue weighted by Crippen LogP contribution is -2.04. The molecule has 0 saturated carbocycles. The third-order valence-corrected chi connectivity index (χ3v) is 3.94. The van der Waals surface area contributed by atoms with Gasteiger partial charge in [-0.1, -0.05) is 55.6 Å². The minimum absolute atomic E-state index is 0.0745. The van der Waals surface area contributed by atoms with Crippen molar-refractivity contribution in [3.8, 4) is 0 Å². The van der Waals surface area contributed by atoms with Gasteiger partial charge in [0.15, 0.2) is 5.78 Å². The molecule has 0 unspecified atom stereocenters. The molecule has 0 heterocycles. The third-order valence-electron chi connectivity index (χ3n) is 2.51. The molecule has 0 aromatic heterocycles. The fraction of sp³-hybridized carbons (Fsp3) is 0.0714. The van der Waals surface area contributed by atoms with Crippen molar-refractivity contribution in [2.45, 2.75) is 6.42 Å². The smallest absolute Gasteiger partial charge is 0.168 e. The zero-order chi connectivity index (χ0) is 13.1. The van der Waals surface area contributed by atoms with Crippen LogP contribution in [0.2, 0.25) is 5.02 Å². The Labute approximate surface area is 127 Å². The summed E-state index contributed by atoms with van der Waals surface area (Å²) in [5, 5.41) is 0.676. The molecule has 0 N–H and O–H groups in total. The first-order chi connectivity index (χ1) is 8.56. The minimum Gasteiger partial charge on any atom is -0.294 e. The van der Waals surface area contributed by atoms with Gasteiger partial charge in [0.25, 0.3) is 0 Å². The van der Waals surface area contributed by atoms with Crippen molar-refractivity contribution in [1.29, 1.82) is 0 Å². The Morgan fingerprint density at radius 1 is 1.06 bits per heavy atom. The number of hydrogen-bond donors (Lipinski definition) is 0. The fourth-order valence-corrected chi connectivity index (χ4v) is 2.55. The predicted octanol–water partition coefficient (Wildman–Crippen LogP) is 5.29. The van der Waals surface area contributed by atoms with E-state index in [2.05, 4.69) is 31.9 Å². The van der Waals surface area contributed by atoms with Crippen molar-refractivity contribution < 1.29 is 4.79 Å². The molecule has 0 aliphatic rings. The normalized spacial score (nSPS) is 10.4. The first kappa shape index (κ1) is 13.8. The Bertz CT molecular complexity index is 579. The van der Waals surface area contributed by atoms with Gasteiger partial charge in [-0.2, -0.15) is 0 Å². The number of hydrogen-bond acceptors (Lipinski definition) is 1. The van der Waals surface area contributed by atoms with E-state index in [0.717, 1.165) is 14.5 Å². The minimum atomic E-state index is 0.0745. The average Bonchev–Trinajstić information content (AvgIpc) is 2.35. The van der Waals surface area contributed by atoms with Crippen molar-refractivity contribution in [1.82, 2.24) is 0 Å². The molecule has 2 aromatic rings. The molecule has 2 rings (SSSR count). The number of rotatable bonds is 3. The maximum Gasteiger partial charge on any atom is 0.168 e. The Morgan fingerprint density at radius 2 is 1.72 bits per heavy atom. The highest BCUT2D eigenvalue weighted by Gasteiger charge is 2.11. The summed E-state index contributed by atoms with van der Waals surface area (Å²) in [4.78, 5) is 12.2. The van der Waals surface area contributed by atoms with E-state index in [-0.39, 0.29) is 5.78 Å². The molecule has 0 radical (unpaired) electrons. The molecular weight excluding hydrogens is 379 g/mol. The van der Waals surface area contributed by atoms with E-state index in [0.29, 0.717) is 17.0 Å². The lowest BCUT2D eigenvalue weighted by Gasteiger charge is -2.05.